The first-order valence-corrected chi connectivity index (χ1v) is 11.3. The molecule has 0 bridgehead atoms. The summed E-state index contributed by atoms with van der Waals surface area (Å²) < 4.78 is 28.4. The fraction of sp³-hybridized carbons (Fsp3) is 0.182. The number of rotatable bonds is 8. The zero-order valence-corrected chi connectivity index (χ0v) is 16.9. The molecule has 0 aromatic heterocycles. The zero-order chi connectivity index (χ0) is 19.1. The summed E-state index contributed by atoms with van der Waals surface area (Å²) in [5.74, 6) is 0. The van der Waals surface area contributed by atoms with Crippen LogP contribution < -0.4 is 4.72 Å². The normalized spacial score (nSPS) is 11.3. The quantitative estimate of drug-likeness (QED) is 0.508. The third kappa shape index (κ3) is 5.37. The SMILES string of the molecule is CCCCc1ccc(S(=O)(=O)Nc2ccccc2Sc2ccccc2)cc1. The topological polar surface area (TPSA) is 46.2 Å². The lowest BCUT2D eigenvalue weighted by atomic mass is 10.1. The van der Waals surface area contributed by atoms with E-state index < -0.39 is 10.0 Å². The van der Waals surface area contributed by atoms with Crippen LogP contribution >= 0.6 is 11.8 Å². The predicted molar refractivity (Wildman–Crippen MR) is 113 cm³/mol. The number of hydrogen-bond acceptors (Lipinski definition) is 3. The summed E-state index contributed by atoms with van der Waals surface area (Å²) in [4.78, 5) is 2.21. The van der Waals surface area contributed by atoms with Gasteiger partial charge in [0.05, 0.1) is 10.6 Å². The monoisotopic (exact) mass is 397 g/mol. The molecule has 0 saturated carbocycles. The summed E-state index contributed by atoms with van der Waals surface area (Å²) in [6, 6.07) is 24.5. The van der Waals surface area contributed by atoms with E-state index >= 15 is 0 Å². The molecular formula is C22H23NO2S2. The number of hydrogen-bond donors (Lipinski definition) is 1. The second-order valence-corrected chi connectivity index (χ2v) is 9.06. The molecule has 0 heterocycles. The van der Waals surface area contributed by atoms with Crippen LogP contribution in [0.1, 0.15) is 25.3 Å². The average molecular weight is 398 g/mol. The van der Waals surface area contributed by atoms with Crippen LogP contribution in [0.15, 0.2) is 93.5 Å². The minimum absolute atomic E-state index is 0.280. The lowest BCUT2D eigenvalue weighted by Gasteiger charge is -2.13. The molecule has 0 unspecified atom stereocenters. The number of aryl methyl sites for hydroxylation is 1. The van der Waals surface area contributed by atoms with E-state index in [9.17, 15) is 8.42 Å². The zero-order valence-electron chi connectivity index (χ0n) is 15.3. The molecule has 0 radical (unpaired) electrons. The maximum Gasteiger partial charge on any atom is 0.261 e. The van der Waals surface area contributed by atoms with Crippen molar-refractivity contribution in [3.05, 3.63) is 84.4 Å². The summed E-state index contributed by atoms with van der Waals surface area (Å²) in [7, 11) is -3.63. The van der Waals surface area contributed by atoms with Crippen LogP contribution in [0.25, 0.3) is 0 Å². The van der Waals surface area contributed by atoms with Crippen molar-refractivity contribution in [3.8, 4) is 0 Å². The first-order valence-electron chi connectivity index (χ1n) is 9.02. The Labute approximate surface area is 165 Å². The molecule has 0 aliphatic heterocycles. The minimum Gasteiger partial charge on any atom is -0.278 e. The van der Waals surface area contributed by atoms with Crippen molar-refractivity contribution in [2.45, 2.75) is 40.9 Å². The Bertz CT molecular complexity index is 969. The van der Waals surface area contributed by atoms with Crippen molar-refractivity contribution in [2.75, 3.05) is 4.72 Å². The number of anilines is 1. The van der Waals surface area contributed by atoms with E-state index in [2.05, 4.69) is 11.6 Å². The third-order valence-corrected chi connectivity index (χ3v) is 6.62. The van der Waals surface area contributed by atoms with Gasteiger partial charge in [0.1, 0.15) is 0 Å². The van der Waals surface area contributed by atoms with E-state index in [1.165, 1.54) is 11.8 Å². The standard InChI is InChI=1S/C22H23NO2S2/c1-2-3-9-18-14-16-20(17-15-18)27(24,25)23-21-12-7-8-13-22(21)26-19-10-5-4-6-11-19/h4-8,10-17,23H,2-3,9H2,1H3. The van der Waals surface area contributed by atoms with Gasteiger partial charge in [-0.05, 0) is 54.8 Å². The molecule has 3 aromatic carbocycles. The molecule has 0 amide bonds. The van der Waals surface area contributed by atoms with Gasteiger partial charge < -0.3 is 0 Å². The van der Waals surface area contributed by atoms with Gasteiger partial charge in [0, 0.05) is 9.79 Å². The van der Waals surface area contributed by atoms with E-state index in [4.69, 9.17) is 0 Å². The van der Waals surface area contributed by atoms with Gasteiger partial charge in [0.25, 0.3) is 10.0 Å². The van der Waals surface area contributed by atoms with Crippen LogP contribution in [-0.4, -0.2) is 8.42 Å². The molecule has 1 N–H and O–H groups in total. The highest BCUT2D eigenvalue weighted by molar-refractivity contribution is 7.99. The molecule has 0 aliphatic rings. The van der Waals surface area contributed by atoms with Gasteiger partial charge in [-0.15, -0.1) is 0 Å². The molecule has 0 aliphatic carbocycles. The first-order chi connectivity index (χ1) is 13.1. The second kappa shape index (κ2) is 9.11. The van der Waals surface area contributed by atoms with Gasteiger partial charge in [0.2, 0.25) is 0 Å². The van der Waals surface area contributed by atoms with Gasteiger partial charge >= 0.3 is 0 Å². The van der Waals surface area contributed by atoms with Crippen molar-refractivity contribution in [2.24, 2.45) is 0 Å². The fourth-order valence-electron chi connectivity index (χ4n) is 2.68. The van der Waals surface area contributed by atoms with Crippen molar-refractivity contribution >= 4 is 27.5 Å². The van der Waals surface area contributed by atoms with Crippen molar-refractivity contribution in [1.29, 1.82) is 0 Å². The summed E-state index contributed by atoms with van der Waals surface area (Å²) in [6.07, 6.45) is 3.20. The van der Waals surface area contributed by atoms with Gasteiger partial charge in [0.15, 0.2) is 0 Å². The number of sulfonamides is 1. The highest BCUT2D eigenvalue weighted by Gasteiger charge is 2.16. The first kappa shape index (κ1) is 19.5. The molecule has 27 heavy (non-hydrogen) atoms. The summed E-state index contributed by atoms with van der Waals surface area (Å²) in [5.41, 5.74) is 1.75. The van der Waals surface area contributed by atoms with Gasteiger partial charge in [-0.2, -0.15) is 0 Å². The van der Waals surface area contributed by atoms with Crippen LogP contribution in [0.2, 0.25) is 0 Å². The van der Waals surface area contributed by atoms with Crippen molar-refractivity contribution in [1.82, 2.24) is 0 Å². The Kier molecular flexibility index (Phi) is 6.58. The van der Waals surface area contributed by atoms with Crippen LogP contribution in [0, 0.1) is 0 Å². The number of benzene rings is 3. The van der Waals surface area contributed by atoms with E-state index in [1.54, 1.807) is 18.2 Å². The summed E-state index contributed by atoms with van der Waals surface area (Å²) in [5, 5.41) is 0. The Morgan fingerprint density at radius 3 is 2.22 bits per heavy atom. The molecule has 5 heteroatoms. The smallest absolute Gasteiger partial charge is 0.261 e. The largest absolute Gasteiger partial charge is 0.278 e. The number of para-hydroxylation sites is 1. The summed E-state index contributed by atoms with van der Waals surface area (Å²) >= 11 is 1.53. The lowest BCUT2D eigenvalue weighted by Crippen LogP contribution is -2.13. The Balaban J connectivity index is 1.80. The van der Waals surface area contributed by atoms with Crippen molar-refractivity contribution in [3.63, 3.8) is 0 Å². The van der Waals surface area contributed by atoms with Gasteiger partial charge in [-0.1, -0.05) is 67.6 Å². The van der Waals surface area contributed by atoms with E-state index in [0.717, 1.165) is 34.6 Å². The molecule has 3 nitrogen and oxygen atoms in total. The maximum atomic E-state index is 12.8. The van der Waals surface area contributed by atoms with Crippen molar-refractivity contribution < 1.29 is 8.42 Å². The fourth-order valence-corrected chi connectivity index (χ4v) is 4.74. The van der Waals surface area contributed by atoms with Crippen LogP contribution in [0.3, 0.4) is 0 Å². The van der Waals surface area contributed by atoms with E-state index in [1.807, 2.05) is 60.7 Å². The Morgan fingerprint density at radius 1 is 0.852 bits per heavy atom. The lowest BCUT2D eigenvalue weighted by molar-refractivity contribution is 0.601. The minimum atomic E-state index is -3.63. The maximum absolute atomic E-state index is 12.8. The van der Waals surface area contributed by atoms with Crippen LogP contribution in [0.4, 0.5) is 5.69 Å². The Morgan fingerprint density at radius 2 is 1.52 bits per heavy atom. The second-order valence-electron chi connectivity index (χ2n) is 6.26. The van der Waals surface area contributed by atoms with Crippen LogP contribution in [-0.2, 0) is 16.4 Å². The Hall–Kier alpha value is -2.24. The van der Waals surface area contributed by atoms with Gasteiger partial charge in [-0.3, -0.25) is 4.72 Å². The molecule has 0 spiro atoms. The van der Waals surface area contributed by atoms with E-state index in [-0.39, 0.29) is 4.90 Å². The molecule has 140 valence electrons. The molecule has 0 fully saturated rings. The summed E-state index contributed by atoms with van der Waals surface area (Å²) in [6.45, 7) is 2.15. The number of nitrogens with one attached hydrogen (secondary N) is 1. The van der Waals surface area contributed by atoms with E-state index in [0.29, 0.717) is 5.69 Å². The third-order valence-electron chi connectivity index (χ3n) is 4.16. The molecule has 3 rings (SSSR count). The number of unbranched alkanes of at least 4 members (excludes halogenated alkanes) is 1. The molecule has 0 saturated heterocycles. The highest BCUT2D eigenvalue weighted by Crippen LogP contribution is 2.34. The molecular weight excluding hydrogens is 374 g/mol. The molecule has 0 atom stereocenters. The average Bonchev–Trinajstić information content (AvgIpc) is 2.69. The molecule has 3 aromatic rings. The highest BCUT2D eigenvalue weighted by atomic mass is 32.2. The predicted octanol–water partition coefficient (Wildman–Crippen LogP) is 5.98. The van der Waals surface area contributed by atoms with Crippen LogP contribution in [0.5, 0.6) is 0 Å². The van der Waals surface area contributed by atoms with Gasteiger partial charge in [-0.25, -0.2) is 8.42 Å².